The molecule has 2 atom stereocenters. The summed E-state index contributed by atoms with van der Waals surface area (Å²) in [7, 11) is 0. The van der Waals surface area contributed by atoms with Gasteiger partial charge in [-0.05, 0) is 104 Å². The van der Waals surface area contributed by atoms with Crippen LogP contribution in [0.15, 0.2) is 113 Å². The number of pyridine rings is 1. The van der Waals surface area contributed by atoms with Crippen LogP contribution in [0.4, 0.5) is 11.4 Å². The lowest BCUT2D eigenvalue weighted by atomic mass is 9.96. The van der Waals surface area contributed by atoms with Crippen molar-refractivity contribution < 1.29 is 14.8 Å². The third-order valence-corrected chi connectivity index (χ3v) is 8.97. The fourth-order valence-electron chi connectivity index (χ4n) is 5.66. The molecular weight excluding hydrogens is 595 g/mol. The SMILES string of the molecule is Cc1cc(C2C(c3ccccn3)NC(=S)N2c2ccc(Sc3ccc([N+](=O)[O-])cc3)cc2)c(C)n1-c1cccc(C(=O)O)c1. The van der Waals surface area contributed by atoms with Crippen LogP contribution in [0.5, 0.6) is 0 Å². The summed E-state index contributed by atoms with van der Waals surface area (Å²) >= 11 is 7.44. The lowest BCUT2D eigenvalue weighted by molar-refractivity contribution is -0.384. The third-order valence-electron chi connectivity index (χ3n) is 7.64. The van der Waals surface area contributed by atoms with E-state index in [-0.39, 0.29) is 23.3 Å². The molecular formula is C33H27N5O4S2. The number of rotatable bonds is 8. The van der Waals surface area contributed by atoms with Gasteiger partial charge in [0, 0.05) is 50.9 Å². The number of benzene rings is 3. The molecule has 44 heavy (non-hydrogen) atoms. The van der Waals surface area contributed by atoms with Crippen LogP contribution < -0.4 is 10.2 Å². The largest absolute Gasteiger partial charge is 0.478 e. The molecule has 6 rings (SSSR count). The number of anilines is 1. The van der Waals surface area contributed by atoms with Crippen molar-refractivity contribution >= 4 is 46.4 Å². The molecule has 5 aromatic rings. The normalized spacial score (nSPS) is 16.1. The molecule has 2 unspecified atom stereocenters. The highest BCUT2D eigenvalue weighted by molar-refractivity contribution is 7.99. The van der Waals surface area contributed by atoms with Gasteiger partial charge in [0.05, 0.1) is 28.3 Å². The van der Waals surface area contributed by atoms with Crippen LogP contribution in [0.25, 0.3) is 5.69 Å². The Morgan fingerprint density at radius 2 is 1.66 bits per heavy atom. The highest BCUT2D eigenvalue weighted by Gasteiger charge is 2.42. The minimum atomic E-state index is -0.976. The summed E-state index contributed by atoms with van der Waals surface area (Å²) in [6.07, 6.45) is 1.77. The Labute approximate surface area is 263 Å². The molecule has 0 saturated carbocycles. The number of aromatic carboxylic acids is 1. The van der Waals surface area contributed by atoms with Crippen molar-refractivity contribution in [3.05, 3.63) is 142 Å². The van der Waals surface area contributed by atoms with E-state index in [1.807, 2.05) is 62.4 Å². The first-order valence-electron chi connectivity index (χ1n) is 13.8. The molecule has 1 aliphatic heterocycles. The predicted octanol–water partition coefficient (Wildman–Crippen LogP) is 7.42. The zero-order chi connectivity index (χ0) is 31.0. The van der Waals surface area contributed by atoms with Gasteiger partial charge in [0.15, 0.2) is 5.11 Å². The maximum absolute atomic E-state index is 11.7. The molecule has 2 aromatic heterocycles. The van der Waals surface area contributed by atoms with Gasteiger partial charge in [0.25, 0.3) is 5.69 Å². The van der Waals surface area contributed by atoms with E-state index in [0.717, 1.165) is 43.8 Å². The second-order valence-corrected chi connectivity index (χ2v) is 11.9. The first-order chi connectivity index (χ1) is 21.2. The highest BCUT2D eigenvalue weighted by Crippen LogP contribution is 2.44. The number of aryl methyl sites for hydroxylation is 1. The minimum absolute atomic E-state index is 0.0576. The van der Waals surface area contributed by atoms with Crippen LogP contribution >= 0.6 is 24.0 Å². The molecule has 2 N–H and O–H groups in total. The van der Waals surface area contributed by atoms with E-state index >= 15 is 0 Å². The Balaban J connectivity index is 1.38. The van der Waals surface area contributed by atoms with E-state index in [9.17, 15) is 20.0 Å². The van der Waals surface area contributed by atoms with Gasteiger partial charge in [-0.15, -0.1) is 0 Å². The van der Waals surface area contributed by atoms with Crippen molar-refractivity contribution in [1.29, 1.82) is 0 Å². The van der Waals surface area contributed by atoms with E-state index in [4.69, 9.17) is 12.2 Å². The number of carboxylic acids is 1. The summed E-state index contributed by atoms with van der Waals surface area (Å²) in [6, 6.07) is 28.9. The summed E-state index contributed by atoms with van der Waals surface area (Å²) in [6.45, 7) is 4.05. The van der Waals surface area contributed by atoms with E-state index in [1.54, 1.807) is 36.5 Å². The number of aromatic nitrogens is 2. The molecule has 3 aromatic carbocycles. The summed E-state index contributed by atoms with van der Waals surface area (Å²) in [5, 5.41) is 24.7. The number of thiocarbonyl (C=S) groups is 1. The Hall–Kier alpha value is -5.00. The molecule has 1 aliphatic rings. The average molecular weight is 622 g/mol. The first-order valence-corrected chi connectivity index (χ1v) is 15.0. The van der Waals surface area contributed by atoms with Crippen molar-refractivity contribution in [2.24, 2.45) is 0 Å². The first kappa shape index (κ1) is 29.1. The van der Waals surface area contributed by atoms with Crippen molar-refractivity contribution in [2.45, 2.75) is 35.7 Å². The van der Waals surface area contributed by atoms with Crippen LogP contribution in [0.3, 0.4) is 0 Å². The summed E-state index contributed by atoms with van der Waals surface area (Å²) < 4.78 is 2.07. The summed E-state index contributed by atoms with van der Waals surface area (Å²) in [4.78, 5) is 30.9. The van der Waals surface area contributed by atoms with Gasteiger partial charge in [-0.2, -0.15) is 0 Å². The fraction of sp³-hybridized carbons (Fsp3) is 0.121. The second-order valence-electron chi connectivity index (χ2n) is 10.4. The number of hydrogen-bond donors (Lipinski definition) is 2. The number of nitro benzene ring substituents is 1. The average Bonchev–Trinajstić information content (AvgIpc) is 3.52. The molecule has 0 radical (unpaired) electrons. The highest BCUT2D eigenvalue weighted by atomic mass is 32.2. The molecule has 1 fully saturated rings. The number of nitro groups is 1. The van der Waals surface area contributed by atoms with Crippen molar-refractivity contribution in [3.8, 4) is 5.69 Å². The van der Waals surface area contributed by atoms with Gasteiger partial charge < -0.3 is 19.9 Å². The maximum atomic E-state index is 11.7. The maximum Gasteiger partial charge on any atom is 0.335 e. The van der Waals surface area contributed by atoms with Gasteiger partial charge in [-0.3, -0.25) is 15.1 Å². The Morgan fingerprint density at radius 1 is 0.955 bits per heavy atom. The molecule has 1 saturated heterocycles. The molecule has 11 heteroatoms. The smallest absolute Gasteiger partial charge is 0.335 e. The fourth-order valence-corrected chi connectivity index (χ4v) is 6.82. The molecule has 0 spiro atoms. The van der Waals surface area contributed by atoms with Crippen molar-refractivity contribution in [2.75, 3.05) is 4.90 Å². The molecule has 3 heterocycles. The van der Waals surface area contributed by atoms with Gasteiger partial charge in [0.2, 0.25) is 0 Å². The Morgan fingerprint density at radius 3 is 2.30 bits per heavy atom. The lowest BCUT2D eigenvalue weighted by Gasteiger charge is -2.28. The summed E-state index contributed by atoms with van der Waals surface area (Å²) in [5.41, 5.74) is 5.78. The van der Waals surface area contributed by atoms with Crippen LogP contribution in [0, 0.1) is 24.0 Å². The lowest BCUT2D eigenvalue weighted by Crippen LogP contribution is -2.29. The number of nitrogens with one attached hydrogen (secondary N) is 1. The molecule has 9 nitrogen and oxygen atoms in total. The number of carbonyl (C=O) groups is 1. The van der Waals surface area contributed by atoms with Gasteiger partial charge in [0.1, 0.15) is 0 Å². The number of carboxylic acid groups (broad SMARTS) is 1. The van der Waals surface area contributed by atoms with Gasteiger partial charge in [-0.25, -0.2) is 4.79 Å². The zero-order valence-corrected chi connectivity index (χ0v) is 25.4. The van der Waals surface area contributed by atoms with E-state index in [0.29, 0.717) is 5.11 Å². The standard InChI is InChI=1S/C33H27N5O4S2/c1-20-18-28(21(2)36(20)25-7-5-6-22(19-25)32(39)40)31-30(29-8-3-4-17-34-29)35-33(43)37(31)23-9-13-26(14-10-23)44-27-15-11-24(12-16-27)38(41)42/h3-19,30-31H,1-2H3,(H,35,43)(H,39,40). The van der Waals surface area contributed by atoms with Crippen LogP contribution in [-0.2, 0) is 0 Å². The van der Waals surface area contributed by atoms with Crippen molar-refractivity contribution in [3.63, 3.8) is 0 Å². The quantitative estimate of drug-likeness (QED) is 0.104. The minimum Gasteiger partial charge on any atom is -0.478 e. The van der Waals surface area contributed by atoms with E-state index in [2.05, 4.69) is 25.8 Å². The Kier molecular flexibility index (Phi) is 7.90. The van der Waals surface area contributed by atoms with Crippen molar-refractivity contribution in [1.82, 2.24) is 14.9 Å². The summed E-state index contributed by atoms with van der Waals surface area (Å²) in [5.74, 6) is -0.976. The third kappa shape index (κ3) is 5.54. The van der Waals surface area contributed by atoms with E-state index in [1.165, 1.54) is 23.9 Å². The molecule has 0 amide bonds. The number of nitrogens with zero attached hydrogens (tertiary/aromatic N) is 4. The van der Waals surface area contributed by atoms with Crippen LogP contribution in [0.1, 0.15) is 45.1 Å². The van der Waals surface area contributed by atoms with Gasteiger partial charge >= 0.3 is 5.97 Å². The molecule has 0 bridgehead atoms. The number of hydrogen-bond acceptors (Lipinski definition) is 6. The predicted molar refractivity (Wildman–Crippen MR) is 174 cm³/mol. The molecule has 220 valence electrons. The zero-order valence-electron chi connectivity index (χ0n) is 23.7. The van der Waals surface area contributed by atoms with E-state index < -0.39 is 10.9 Å². The topological polar surface area (TPSA) is 114 Å². The van der Waals surface area contributed by atoms with Gasteiger partial charge in [-0.1, -0.05) is 23.9 Å². The van der Waals surface area contributed by atoms with Crippen LogP contribution in [-0.4, -0.2) is 30.7 Å². The number of non-ortho nitro benzene ring substituents is 1. The molecule has 0 aliphatic carbocycles. The second kappa shape index (κ2) is 11.9. The van der Waals surface area contributed by atoms with Crippen LogP contribution in [0.2, 0.25) is 0 Å². The Bertz CT molecular complexity index is 1880. The monoisotopic (exact) mass is 621 g/mol.